The molecule has 0 saturated heterocycles. The lowest BCUT2D eigenvalue weighted by Crippen LogP contribution is -2.12. The van der Waals surface area contributed by atoms with Gasteiger partial charge in [-0.05, 0) is 53.1 Å². The highest BCUT2D eigenvalue weighted by molar-refractivity contribution is 6.14. The lowest BCUT2D eigenvalue weighted by atomic mass is 9.97. The van der Waals surface area contributed by atoms with Crippen LogP contribution in [-0.2, 0) is 0 Å². The highest BCUT2D eigenvalue weighted by atomic mass is 16.5. The number of benzene rings is 3. The summed E-state index contributed by atoms with van der Waals surface area (Å²) >= 11 is 0. The van der Waals surface area contributed by atoms with Crippen LogP contribution in [0.1, 0.15) is 21.5 Å². The zero-order valence-corrected chi connectivity index (χ0v) is 18.7. The number of carbonyl (C=O) groups is 1. The third-order valence-electron chi connectivity index (χ3n) is 5.50. The van der Waals surface area contributed by atoms with E-state index in [-0.39, 0.29) is 5.91 Å². The van der Waals surface area contributed by atoms with Gasteiger partial charge in [-0.15, -0.1) is 0 Å². The van der Waals surface area contributed by atoms with E-state index >= 15 is 0 Å². The van der Waals surface area contributed by atoms with Gasteiger partial charge in [-0.3, -0.25) is 4.79 Å². The van der Waals surface area contributed by atoms with Crippen molar-refractivity contribution in [3.63, 3.8) is 0 Å². The van der Waals surface area contributed by atoms with Crippen molar-refractivity contribution in [3.05, 3.63) is 84.1 Å². The predicted molar refractivity (Wildman–Crippen MR) is 131 cm³/mol. The van der Waals surface area contributed by atoms with E-state index in [2.05, 4.69) is 16.9 Å². The Bertz CT molecular complexity index is 1330. The summed E-state index contributed by atoms with van der Waals surface area (Å²) in [5.74, 6) is 1.33. The van der Waals surface area contributed by atoms with Gasteiger partial charge in [0.1, 0.15) is 0 Å². The average molecular weight is 444 g/mol. The zero-order valence-electron chi connectivity index (χ0n) is 18.7. The lowest BCUT2D eigenvalue weighted by Gasteiger charge is -2.15. The van der Waals surface area contributed by atoms with Crippen molar-refractivity contribution in [2.45, 2.75) is 0 Å². The molecule has 7 heteroatoms. The van der Waals surface area contributed by atoms with Crippen molar-refractivity contribution < 1.29 is 19.0 Å². The Labute approximate surface area is 191 Å². The first-order valence-electron chi connectivity index (χ1n) is 10.2. The fraction of sp³-hybridized carbons (Fsp3) is 0.115. The quantitative estimate of drug-likeness (QED) is 0.346. The fourth-order valence-electron chi connectivity index (χ4n) is 3.72. The largest absolute Gasteiger partial charge is 0.493 e. The molecule has 4 aromatic rings. The maximum atomic E-state index is 13.0. The number of hydrogen-bond donors (Lipinski definition) is 3. The number of H-pyrrole nitrogens is 1. The van der Waals surface area contributed by atoms with Crippen LogP contribution in [0.25, 0.3) is 16.5 Å². The van der Waals surface area contributed by atoms with Crippen LogP contribution in [0.15, 0.2) is 67.4 Å². The number of aromatic nitrogens is 1. The average Bonchev–Trinajstić information content (AvgIpc) is 3.27. The second-order valence-electron chi connectivity index (χ2n) is 7.40. The van der Waals surface area contributed by atoms with Crippen LogP contribution in [-0.4, -0.2) is 32.2 Å². The molecule has 0 aliphatic heterocycles. The molecule has 0 aliphatic rings. The number of rotatable bonds is 7. The molecule has 3 aromatic carbocycles. The molecule has 7 nitrogen and oxygen atoms in total. The molecule has 0 unspecified atom stereocenters. The number of hydrogen-bond acceptors (Lipinski definition) is 5. The molecular formula is C26H25N3O4. The van der Waals surface area contributed by atoms with Crippen molar-refractivity contribution in [1.29, 1.82) is 0 Å². The Morgan fingerprint density at radius 2 is 1.64 bits per heavy atom. The van der Waals surface area contributed by atoms with Crippen LogP contribution in [0.4, 0.5) is 11.4 Å². The zero-order chi connectivity index (χ0) is 23.5. The summed E-state index contributed by atoms with van der Waals surface area (Å²) in [6.45, 7) is 4.27. The Kier molecular flexibility index (Phi) is 5.95. The van der Waals surface area contributed by atoms with E-state index in [9.17, 15) is 4.79 Å². The molecule has 168 valence electrons. The van der Waals surface area contributed by atoms with E-state index in [1.165, 1.54) is 0 Å². The van der Waals surface area contributed by atoms with Gasteiger partial charge in [-0.1, -0.05) is 24.8 Å². The second kappa shape index (κ2) is 9.00. The molecular weight excluding hydrogens is 418 g/mol. The van der Waals surface area contributed by atoms with Gasteiger partial charge < -0.3 is 30.2 Å². The smallest absolute Gasteiger partial charge is 0.257 e. The van der Waals surface area contributed by atoms with Crippen molar-refractivity contribution in [2.75, 3.05) is 32.4 Å². The van der Waals surface area contributed by atoms with Gasteiger partial charge in [0.2, 0.25) is 5.75 Å². The predicted octanol–water partition coefficient (Wildman–Crippen LogP) is 5.09. The number of carbonyl (C=O) groups excluding carboxylic acids is 1. The van der Waals surface area contributed by atoms with Crippen LogP contribution < -0.4 is 25.3 Å². The first-order chi connectivity index (χ1) is 16.0. The maximum Gasteiger partial charge on any atom is 0.257 e. The van der Waals surface area contributed by atoms with Crippen molar-refractivity contribution in [1.82, 2.24) is 4.98 Å². The lowest BCUT2D eigenvalue weighted by molar-refractivity contribution is 0.102. The molecule has 1 amide bonds. The van der Waals surface area contributed by atoms with E-state index in [1.807, 2.05) is 42.5 Å². The van der Waals surface area contributed by atoms with Crippen LogP contribution in [0, 0.1) is 0 Å². The summed E-state index contributed by atoms with van der Waals surface area (Å²) in [7, 11) is 4.70. The molecule has 1 heterocycles. The molecule has 0 spiro atoms. The number of amides is 1. The second-order valence-corrected chi connectivity index (χ2v) is 7.40. The van der Waals surface area contributed by atoms with Crippen LogP contribution in [0.5, 0.6) is 17.2 Å². The molecule has 0 bridgehead atoms. The number of fused-ring (bicyclic) bond motifs is 1. The molecule has 4 N–H and O–H groups in total. The van der Waals surface area contributed by atoms with Gasteiger partial charge in [0, 0.05) is 17.1 Å². The summed E-state index contributed by atoms with van der Waals surface area (Å²) < 4.78 is 16.3. The van der Waals surface area contributed by atoms with E-state index in [0.717, 1.165) is 27.6 Å². The van der Waals surface area contributed by atoms with E-state index in [4.69, 9.17) is 19.9 Å². The third-order valence-corrected chi connectivity index (χ3v) is 5.50. The minimum Gasteiger partial charge on any atom is -0.493 e. The van der Waals surface area contributed by atoms with Gasteiger partial charge in [0.05, 0.1) is 38.3 Å². The van der Waals surface area contributed by atoms with Gasteiger partial charge >= 0.3 is 0 Å². The number of nitrogen functional groups attached to an aromatic ring is 1. The normalized spacial score (nSPS) is 10.6. The molecule has 0 radical (unpaired) electrons. The van der Waals surface area contributed by atoms with Gasteiger partial charge in [-0.25, -0.2) is 0 Å². The number of ether oxygens (including phenoxy) is 3. The molecule has 1 aromatic heterocycles. The monoisotopic (exact) mass is 443 g/mol. The third kappa shape index (κ3) is 4.08. The van der Waals surface area contributed by atoms with E-state index in [0.29, 0.717) is 34.2 Å². The highest BCUT2D eigenvalue weighted by Crippen LogP contribution is 2.41. The molecule has 33 heavy (non-hydrogen) atoms. The Morgan fingerprint density at radius 3 is 2.27 bits per heavy atom. The number of aromatic amines is 1. The summed E-state index contributed by atoms with van der Waals surface area (Å²) in [5, 5.41) is 3.65. The number of para-hydroxylation sites is 2. The van der Waals surface area contributed by atoms with Crippen LogP contribution >= 0.6 is 0 Å². The summed E-state index contributed by atoms with van der Waals surface area (Å²) in [6.07, 6.45) is 1.69. The molecule has 0 aliphatic carbocycles. The Balaban J connectivity index is 1.71. The standard InChI is InChI=1S/C26H25N3O4/c1-15(17-12-23(31-2)25(33-4)24(13-17)32-3)16-9-10-21-18(11-16)19(14-28-21)26(30)29-22-8-6-5-7-20(22)27/h5-14,28H,1,27H2,2-4H3,(H,29,30). The number of nitrogens with one attached hydrogen (secondary N) is 2. The topological polar surface area (TPSA) is 98.6 Å². The van der Waals surface area contributed by atoms with Crippen molar-refractivity contribution in [3.8, 4) is 17.2 Å². The van der Waals surface area contributed by atoms with Crippen molar-refractivity contribution >= 4 is 33.8 Å². The summed E-state index contributed by atoms with van der Waals surface area (Å²) in [6, 6.07) is 16.6. The molecule has 4 rings (SSSR count). The number of methoxy groups -OCH3 is 3. The summed E-state index contributed by atoms with van der Waals surface area (Å²) in [4.78, 5) is 16.1. The van der Waals surface area contributed by atoms with Gasteiger partial charge in [0.15, 0.2) is 11.5 Å². The minimum atomic E-state index is -0.255. The Morgan fingerprint density at radius 1 is 0.939 bits per heavy atom. The van der Waals surface area contributed by atoms with Gasteiger partial charge in [-0.2, -0.15) is 0 Å². The maximum absolute atomic E-state index is 13.0. The summed E-state index contributed by atoms with van der Waals surface area (Å²) in [5.41, 5.74) is 10.8. The Hall–Kier alpha value is -4.39. The molecule has 0 atom stereocenters. The SMILES string of the molecule is C=C(c1cc(OC)c(OC)c(OC)c1)c1ccc2[nH]cc(C(=O)Nc3ccccc3N)c2c1. The molecule has 0 saturated carbocycles. The van der Waals surface area contributed by atoms with Crippen molar-refractivity contribution in [2.24, 2.45) is 0 Å². The number of nitrogens with two attached hydrogens (primary N) is 1. The first-order valence-corrected chi connectivity index (χ1v) is 10.2. The highest BCUT2D eigenvalue weighted by Gasteiger charge is 2.17. The van der Waals surface area contributed by atoms with E-state index < -0.39 is 0 Å². The fourth-order valence-corrected chi connectivity index (χ4v) is 3.72. The van der Waals surface area contributed by atoms with Crippen LogP contribution in [0.3, 0.4) is 0 Å². The van der Waals surface area contributed by atoms with Gasteiger partial charge in [0.25, 0.3) is 5.91 Å². The number of anilines is 2. The minimum absolute atomic E-state index is 0.255. The molecule has 0 fully saturated rings. The first kappa shape index (κ1) is 21.8. The van der Waals surface area contributed by atoms with Crippen LogP contribution in [0.2, 0.25) is 0 Å². The van der Waals surface area contributed by atoms with E-state index in [1.54, 1.807) is 39.7 Å².